The molecule has 0 heterocycles. The first-order chi connectivity index (χ1) is 43.0. The van der Waals surface area contributed by atoms with E-state index in [4.69, 9.17) is 4.74 Å². The lowest BCUT2D eigenvalue weighted by Gasteiger charge is -2.20. The van der Waals surface area contributed by atoms with Gasteiger partial charge < -0.3 is 20.3 Å². The molecular weight excluding hydrogens is 1070 g/mol. The zero-order valence-electron chi connectivity index (χ0n) is 58.8. The molecular formula is C81H153NO5. The van der Waals surface area contributed by atoms with Crippen LogP contribution in [0.25, 0.3) is 0 Å². The van der Waals surface area contributed by atoms with Gasteiger partial charge in [-0.3, -0.25) is 9.59 Å². The monoisotopic (exact) mass is 1220 g/mol. The van der Waals surface area contributed by atoms with Crippen molar-refractivity contribution in [1.82, 2.24) is 5.32 Å². The Morgan fingerprint density at radius 3 is 0.920 bits per heavy atom. The Morgan fingerprint density at radius 2 is 0.586 bits per heavy atom. The molecule has 0 saturated heterocycles. The van der Waals surface area contributed by atoms with Crippen molar-refractivity contribution < 1.29 is 24.5 Å². The predicted molar refractivity (Wildman–Crippen MR) is 384 cm³/mol. The summed E-state index contributed by atoms with van der Waals surface area (Å²) in [5.74, 6) is -0.0582. The summed E-state index contributed by atoms with van der Waals surface area (Å²) >= 11 is 0. The largest absolute Gasteiger partial charge is 0.466 e. The van der Waals surface area contributed by atoms with E-state index in [2.05, 4.69) is 55.6 Å². The van der Waals surface area contributed by atoms with Gasteiger partial charge in [0, 0.05) is 12.8 Å². The van der Waals surface area contributed by atoms with Gasteiger partial charge in [0.1, 0.15) is 0 Å². The van der Waals surface area contributed by atoms with E-state index in [1.165, 1.54) is 353 Å². The number of aliphatic hydroxyl groups is 2. The minimum atomic E-state index is -0.845. The fraction of sp³-hybridized carbons (Fsp3) is 0.877. The molecule has 0 aliphatic carbocycles. The lowest BCUT2D eigenvalue weighted by Crippen LogP contribution is -2.45. The second-order valence-corrected chi connectivity index (χ2v) is 27.0. The van der Waals surface area contributed by atoms with Crippen LogP contribution in [0.2, 0.25) is 0 Å². The zero-order chi connectivity index (χ0) is 62.8. The molecule has 512 valence electrons. The normalized spacial score (nSPS) is 12.7. The minimum absolute atomic E-state index is 0.00312. The number of unbranched alkanes of at least 4 members (excludes halogenated alkanes) is 57. The lowest BCUT2D eigenvalue weighted by atomic mass is 10.0. The summed E-state index contributed by atoms with van der Waals surface area (Å²) in [4.78, 5) is 24.6. The van der Waals surface area contributed by atoms with E-state index in [0.29, 0.717) is 19.4 Å². The number of nitrogens with one attached hydrogen (secondary N) is 1. The van der Waals surface area contributed by atoms with Crippen LogP contribution >= 0.6 is 0 Å². The maximum Gasteiger partial charge on any atom is 0.305 e. The van der Waals surface area contributed by atoms with E-state index >= 15 is 0 Å². The SMILES string of the molecule is CCCC/C=C\C/C=C\CCCCCCCC(=O)OCCCCCCCCCCCCCC/C=C\CCCCCCCCCCCCCCCCCC(=O)NC(CO)C(O)/C=C/CCCCCCCCCCCCCCCCCCCCCCCCC. The Labute approximate surface area is 544 Å². The zero-order valence-corrected chi connectivity index (χ0v) is 58.8. The van der Waals surface area contributed by atoms with E-state index in [1.54, 1.807) is 6.08 Å². The summed E-state index contributed by atoms with van der Waals surface area (Å²) in [7, 11) is 0. The van der Waals surface area contributed by atoms with Crippen LogP contribution in [0.15, 0.2) is 48.6 Å². The molecule has 3 N–H and O–H groups in total. The van der Waals surface area contributed by atoms with Crippen LogP contribution in [-0.4, -0.2) is 47.4 Å². The van der Waals surface area contributed by atoms with Crippen LogP contribution in [0.4, 0.5) is 0 Å². The molecule has 87 heavy (non-hydrogen) atoms. The highest BCUT2D eigenvalue weighted by Gasteiger charge is 2.18. The topological polar surface area (TPSA) is 95.9 Å². The third-order valence-electron chi connectivity index (χ3n) is 18.3. The summed E-state index contributed by atoms with van der Waals surface area (Å²) in [5.41, 5.74) is 0. The molecule has 0 aliphatic heterocycles. The first-order valence-electron chi connectivity index (χ1n) is 39.4. The molecule has 0 bridgehead atoms. The third-order valence-corrected chi connectivity index (χ3v) is 18.3. The highest BCUT2D eigenvalue weighted by Crippen LogP contribution is 2.19. The van der Waals surface area contributed by atoms with Gasteiger partial charge in [-0.05, 0) is 83.5 Å². The van der Waals surface area contributed by atoms with Gasteiger partial charge in [0.25, 0.3) is 0 Å². The number of allylic oxidation sites excluding steroid dienone is 7. The molecule has 0 aromatic heterocycles. The Morgan fingerprint density at radius 1 is 0.322 bits per heavy atom. The van der Waals surface area contributed by atoms with Gasteiger partial charge >= 0.3 is 5.97 Å². The lowest BCUT2D eigenvalue weighted by molar-refractivity contribution is -0.143. The molecule has 0 aromatic rings. The van der Waals surface area contributed by atoms with Gasteiger partial charge in [-0.2, -0.15) is 0 Å². The van der Waals surface area contributed by atoms with E-state index in [-0.39, 0.29) is 18.5 Å². The van der Waals surface area contributed by atoms with Crippen molar-refractivity contribution >= 4 is 11.9 Å². The van der Waals surface area contributed by atoms with Gasteiger partial charge in [-0.15, -0.1) is 0 Å². The number of esters is 1. The molecule has 0 saturated carbocycles. The molecule has 0 spiro atoms. The number of carbonyl (C=O) groups excluding carboxylic acids is 2. The summed E-state index contributed by atoms with van der Waals surface area (Å²) in [5, 5.41) is 23.3. The highest BCUT2D eigenvalue weighted by molar-refractivity contribution is 5.76. The molecule has 2 atom stereocenters. The van der Waals surface area contributed by atoms with Crippen molar-refractivity contribution in [3.63, 3.8) is 0 Å². The number of rotatable bonds is 74. The maximum atomic E-state index is 12.6. The summed E-state index contributed by atoms with van der Waals surface area (Å²) in [6.07, 6.45) is 101. The Balaban J connectivity index is 3.40. The van der Waals surface area contributed by atoms with Crippen molar-refractivity contribution in [2.24, 2.45) is 0 Å². The van der Waals surface area contributed by atoms with Crippen molar-refractivity contribution in [2.45, 2.75) is 443 Å². The first kappa shape index (κ1) is 84.8. The summed E-state index contributed by atoms with van der Waals surface area (Å²) < 4.78 is 5.48. The fourth-order valence-electron chi connectivity index (χ4n) is 12.3. The average Bonchev–Trinajstić information content (AvgIpc) is 3.52. The van der Waals surface area contributed by atoms with Crippen LogP contribution in [0.5, 0.6) is 0 Å². The Hall–Kier alpha value is -2.18. The van der Waals surface area contributed by atoms with Crippen LogP contribution < -0.4 is 5.32 Å². The van der Waals surface area contributed by atoms with Crippen molar-refractivity contribution in [3.8, 4) is 0 Å². The highest BCUT2D eigenvalue weighted by atomic mass is 16.5. The second kappa shape index (κ2) is 76.3. The predicted octanol–water partition coefficient (Wildman–Crippen LogP) is 26.0. The van der Waals surface area contributed by atoms with Crippen LogP contribution in [0.1, 0.15) is 431 Å². The second-order valence-electron chi connectivity index (χ2n) is 27.0. The van der Waals surface area contributed by atoms with Gasteiger partial charge in [-0.25, -0.2) is 0 Å². The number of aliphatic hydroxyl groups excluding tert-OH is 2. The van der Waals surface area contributed by atoms with E-state index in [9.17, 15) is 19.8 Å². The standard InChI is InChI=1S/C81H153NO5/c1-3-5-7-9-11-13-15-17-19-20-21-22-23-31-34-37-40-43-46-49-53-57-61-65-69-73-79(84)78(77-83)82-80(85)74-70-66-62-58-54-50-47-44-41-38-35-32-29-27-25-24-26-28-30-33-36-39-42-45-48-52-56-60-64-68-72-76-87-81(86)75-71-67-63-59-55-51-18-16-14-12-10-8-6-4-2/h10,12,16,18,26,28,69,73,78-79,83-84H,3-9,11,13-15,17,19-25,27,29-68,70-72,74-77H2,1-2H3,(H,82,85)/b12-10-,18-16-,28-26-,73-69+. The molecule has 0 radical (unpaired) electrons. The maximum absolute atomic E-state index is 12.6. The number of amides is 1. The molecule has 0 rings (SSSR count). The van der Waals surface area contributed by atoms with Crippen molar-refractivity contribution in [2.75, 3.05) is 13.2 Å². The molecule has 0 aliphatic rings. The summed E-state index contributed by atoms with van der Waals surface area (Å²) in [6, 6.07) is -0.629. The number of hydrogen-bond acceptors (Lipinski definition) is 5. The molecule has 0 aromatic carbocycles. The molecule has 1 amide bonds. The van der Waals surface area contributed by atoms with Crippen LogP contribution in [0, 0.1) is 0 Å². The first-order valence-corrected chi connectivity index (χ1v) is 39.4. The van der Waals surface area contributed by atoms with E-state index < -0.39 is 12.1 Å². The number of ether oxygens (including phenoxy) is 1. The molecule has 6 heteroatoms. The average molecular weight is 1220 g/mol. The molecule has 6 nitrogen and oxygen atoms in total. The molecule has 0 fully saturated rings. The van der Waals surface area contributed by atoms with E-state index in [0.717, 1.165) is 51.4 Å². The minimum Gasteiger partial charge on any atom is -0.466 e. The number of hydrogen-bond donors (Lipinski definition) is 3. The third kappa shape index (κ3) is 72.8. The van der Waals surface area contributed by atoms with Crippen molar-refractivity contribution in [1.29, 1.82) is 0 Å². The van der Waals surface area contributed by atoms with Gasteiger partial charge in [-0.1, -0.05) is 383 Å². The quantitative estimate of drug-likeness (QED) is 0.0320. The van der Waals surface area contributed by atoms with Gasteiger partial charge in [0.15, 0.2) is 0 Å². The van der Waals surface area contributed by atoms with Crippen LogP contribution in [-0.2, 0) is 14.3 Å². The number of carbonyl (C=O) groups is 2. The summed E-state index contributed by atoms with van der Waals surface area (Å²) in [6.45, 7) is 4.90. The Bertz CT molecular complexity index is 1450. The van der Waals surface area contributed by atoms with Crippen molar-refractivity contribution in [3.05, 3.63) is 48.6 Å². The van der Waals surface area contributed by atoms with Crippen LogP contribution in [0.3, 0.4) is 0 Å². The van der Waals surface area contributed by atoms with Gasteiger partial charge in [0.05, 0.1) is 25.4 Å². The van der Waals surface area contributed by atoms with E-state index in [1.807, 2.05) is 6.08 Å². The Kier molecular flexibility index (Phi) is 74.4. The molecule has 2 unspecified atom stereocenters. The smallest absolute Gasteiger partial charge is 0.305 e. The van der Waals surface area contributed by atoms with Gasteiger partial charge in [0.2, 0.25) is 5.91 Å². The fourth-order valence-corrected chi connectivity index (χ4v) is 12.3.